The number of aryl methyl sites for hydroxylation is 1. The minimum absolute atomic E-state index is 0.0321. The smallest absolute Gasteiger partial charge is 0.338 e. The molecule has 0 spiro atoms. The third-order valence-corrected chi connectivity index (χ3v) is 7.87. The normalized spacial score (nSPS) is 14.9. The number of hydrogen-bond donors (Lipinski definition) is 1. The van der Waals surface area contributed by atoms with Crippen molar-refractivity contribution in [3.8, 4) is 0 Å². The average molecular weight is 493 g/mol. The minimum Gasteiger partial charge on any atom is -0.452 e. The number of halogens is 1. The lowest BCUT2D eigenvalue weighted by atomic mass is 10.1. The molecule has 1 heterocycles. The predicted octanol–water partition coefficient (Wildman–Crippen LogP) is 3.81. The molecule has 0 saturated carbocycles. The zero-order chi connectivity index (χ0) is 23.7. The van der Waals surface area contributed by atoms with Crippen LogP contribution in [0.5, 0.6) is 0 Å². The molecule has 1 saturated heterocycles. The molecule has 2 aromatic carbocycles. The van der Waals surface area contributed by atoms with Gasteiger partial charge in [0.05, 0.1) is 10.6 Å². The summed E-state index contributed by atoms with van der Waals surface area (Å²) in [4.78, 5) is 24.3. The van der Waals surface area contributed by atoms with Crippen LogP contribution >= 0.6 is 11.6 Å². The van der Waals surface area contributed by atoms with Crippen LogP contribution in [0.2, 0.25) is 5.02 Å². The molecule has 1 amide bonds. The third-order valence-electron chi connectivity index (χ3n) is 5.49. The Morgan fingerprint density at radius 1 is 1.00 bits per heavy atom. The van der Waals surface area contributed by atoms with E-state index in [1.807, 2.05) is 30.3 Å². The molecule has 0 aromatic heterocycles. The average Bonchev–Trinajstić information content (AvgIpc) is 3.11. The molecule has 9 heteroatoms. The van der Waals surface area contributed by atoms with Crippen molar-refractivity contribution in [1.82, 2.24) is 9.62 Å². The number of sulfonamides is 1. The van der Waals surface area contributed by atoms with E-state index in [2.05, 4.69) is 5.32 Å². The highest BCUT2D eigenvalue weighted by Crippen LogP contribution is 2.28. The minimum atomic E-state index is -3.83. The molecule has 1 aliphatic rings. The molecule has 1 aliphatic heterocycles. The van der Waals surface area contributed by atoms with Crippen molar-refractivity contribution < 1.29 is 22.7 Å². The first-order valence-corrected chi connectivity index (χ1v) is 13.0. The number of benzene rings is 2. The fraction of sp³-hybridized carbons (Fsp3) is 0.417. The first-order valence-electron chi connectivity index (χ1n) is 11.2. The van der Waals surface area contributed by atoms with Crippen molar-refractivity contribution >= 4 is 33.5 Å². The van der Waals surface area contributed by atoms with E-state index in [0.29, 0.717) is 19.6 Å². The van der Waals surface area contributed by atoms with E-state index in [0.717, 1.165) is 38.5 Å². The fourth-order valence-electron chi connectivity index (χ4n) is 3.68. The van der Waals surface area contributed by atoms with Crippen LogP contribution in [0.4, 0.5) is 0 Å². The summed E-state index contributed by atoms with van der Waals surface area (Å²) < 4.78 is 32.6. The summed E-state index contributed by atoms with van der Waals surface area (Å²) in [6.07, 6.45) is 5.15. The van der Waals surface area contributed by atoms with Gasteiger partial charge in [-0.15, -0.1) is 0 Å². The van der Waals surface area contributed by atoms with Gasteiger partial charge in [0, 0.05) is 19.6 Å². The Morgan fingerprint density at radius 3 is 2.39 bits per heavy atom. The lowest BCUT2D eigenvalue weighted by molar-refractivity contribution is -0.124. The summed E-state index contributed by atoms with van der Waals surface area (Å²) in [6, 6.07) is 13.9. The number of amides is 1. The summed E-state index contributed by atoms with van der Waals surface area (Å²) >= 11 is 6.17. The van der Waals surface area contributed by atoms with Crippen molar-refractivity contribution in [1.29, 1.82) is 0 Å². The largest absolute Gasteiger partial charge is 0.452 e. The molecule has 0 bridgehead atoms. The van der Waals surface area contributed by atoms with Gasteiger partial charge in [-0.2, -0.15) is 4.31 Å². The lowest BCUT2D eigenvalue weighted by Gasteiger charge is -2.21. The van der Waals surface area contributed by atoms with Gasteiger partial charge in [0.2, 0.25) is 10.0 Å². The molecule has 0 unspecified atom stereocenters. The zero-order valence-electron chi connectivity index (χ0n) is 18.5. The first-order chi connectivity index (χ1) is 15.9. The van der Waals surface area contributed by atoms with Gasteiger partial charge in [0.1, 0.15) is 4.90 Å². The van der Waals surface area contributed by atoms with Crippen molar-refractivity contribution in [3.05, 3.63) is 64.7 Å². The van der Waals surface area contributed by atoms with Crippen LogP contribution < -0.4 is 5.32 Å². The maximum atomic E-state index is 13.1. The second-order valence-electron chi connectivity index (χ2n) is 7.98. The monoisotopic (exact) mass is 492 g/mol. The van der Waals surface area contributed by atoms with E-state index in [1.54, 1.807) is 0 Å². The van der Waals surface area contributed by atoms with Crippen LogP contribution in [0.15, 0.2) is 53.4 Å². The lowest BCUT2D eigenvalue weighted by Crippen LogP contribution is -2.32. The maximum Gasteiger partial charge on any atom is 0.338 e. The van der Waals surface area contributed by atoms with Crippen molar-refractivity contribution in [3.63, 3.8) is 0 Å². The second-order valence-corrected chi connectivity index (χ2v) is 10.3. The highest BCUT2D eigenvalue weighted by atomic mass is 35.5. The van der Waals surface area contributed by atoms with E-state index in [1.165, 1.54) is 28.1 Å². The van der Waals surface area contributed by atoms with E-state index >= 15 is 0 Å². The second kappa shape index (κ2) is 12.2. The van der Waals surface area contributed by atoms with Crippen molar-refractivity contribution in [2.75, 3.05) is 26.2 Å². The third kappa shape index (κ3) is 7.28. The van der Waals surface area contributed by atoms with E-state index in [9.17, 15) is 18.0 Å². The van der Waals surface area contributed by atoms with E-state index < -0.39 is 28.5 Å². The number of nitrogens with one attached hydrogen (secondary N) is 1. The highest BCUT2D eigenvalue weighted by Gasteiger charge is 2.28. The quantitative estimate of drug-likeness (QED) is 0.424. The molecule has 0 atom stereocenters. The van der Waals surface area contributed by atoms with Gasteiger partial charge in [-0.05, 0) is 49.4 Å². The Morgan fingerprint density at radius 2 is 1.70 bits per heavy atom. The molecule has 2 aromatic rings. The summed E-state index contributed by atoms with van der Waals surface area (Å²) in [5.41, 5.74) is 1.22. The van der Waals surface area contributed by atoms with Crippen LogP contribution in [0.3, 0.4) is 0 Å². The molecule has 1 N–H and O–H groups in total. The number of carbonyl (C=O) groups is 2. The Balaban J connectivity index is 1.53. The van der Waals surface area contributed by atoms with Gasteiger partial charge < -0.3 is 10.1 Å². The summed E-state index contributed by atoms with van der Waals surface area (Å²) in [7, 11) is -3.83. The number of hydrogen-bond acceptors (Lipinski definition) is 5. The SMILES string of the molecule is O=C(COC(=O)c1ccc(Cl)c(S(=O)(=O)N2CCCCCC2)c1)NCCCc1ccccc1. The highest BCUT2D eigenvalue weighted by molar-refractivity contribution is 7.89. The standard InChI is InChI=1S/C24H29ClN2O5S/c25-21-13-12-20(17-22(21)33(30,31)27-15-6-1-2-7-16-27)24(29)32-18-23(28)26-14-8-11-19-9-4-3-5-10-19/h3-5,9-10,12-13,17H,1-2,6-8,11,14-16,18H2,(H,26,28). The Kier molecular flexibility index (Phi) is 9.29. The van der Waals surface area contributed by atoms with Crippen LogP contribution in [-0.4, -0.2) is 50.8 Å². The first kappa shape index (κ1) is 25.2. The van der Waals surface area contributed by atoms with E-state index in [4.69, 9.17) is 16.3 Å². The van der Waals surface area contributed by atoms with Crippen LogP contribution in [0.25, 0.3) is 0 Å². The summed E-state index contributed by atoms with van der Waals surface area (Å²) in [6.45, 7) is 0.876. The topological polar surface area (TPSA) is 92.8 Å². The van der Waals surface area contributed by atoms with E-state index in [-0.39, 0.29) is 15.5 Å². The Bertz CT molecular complexity index is 1050. The van der Waals surface area contributed by atoms with Gasteiger partial charge in [-0.3, -0.25) is 4.79 Å². The molecule has 3 rings (SSSR count). The number of nitrogens with zero attached hydrogens (tertiary/aromatic N) is 1. The Hall–Kier alpha value is -2.42. The fourth-order valence-corrected chi connectivity index (χ4v) is 5.70. The molecular weight excluding hydrogens is 464 g/mol. The number of rotatable bonds is 9. The Labute approximate surface area is 200 Å². The summed E-state index contributed by atoms with van der Waals surface area (Å²) in [5, 5.41) is 2.76. The van der Waals surface area contributed by atoms with Crippen LogP contribution in [-0.2, 0) is 26.0 Å². The van der Waals surface area contributed by atoms with Gasteiger partial charge in [-0.25, -0.2) is 13.2 Å². The molecule has 178 valence electrons. The van der Waals surface area contributed by atoms with Gasteiger partial charge in [0.25, 0.3) is 5.91 Å². The predicted molar refractivity (Wildman–Crippen MR) is 127 cm³/mol. The van der Waals surface area contributed by atoms with Gasteiger partial charge in [0.15, 0.2) is 6.61 Å². The number of carbonyl (C=O) groups excluding carboxylic acids is 2. The molecule has 7 nitrogen and oxygen atoms in total. The molecular formula is C24H29ClN2O5S. The molecule has 0 radical (unpaired) electrons. The zero-order valence-corrected chi connectivity index (χ0v) is 20.0. The van der Waals surface area contributed by atoms with Crippen LogP contribution in [0.1, 0.15) is 48.0 Å². The van der Waals surface area contributed by atoms with Crippen molar-refractivity contribution in [2.45, 2.75) is 43.4 Å². The number of esters is 1. The van der Waals surface area contributed by atoms with Gasteiger partial charge in [-0.1, -0.05) is 54.8 Å². The molecule has 1 fully saturated rings. The molecule has 0 aliphatic carbocycles. The summed E-state index contributed by atoms with van der Waals surface area (Å²) in [5.74, 6) is -1.19. The van der Waals surface area contributed by atoms with Crippen molar-refractivity contribution in [2.24, 2.45) is 0 Å². The van der Waals surface area contributed by atoms with Gasteiger partial charge >= 0.3 is 5.97 Å². The molecule has 33 heavy (non-hydrogen) atoms. The van der Waals surface area contributed by atoms with Crippen LogP contribution in [0, 0.1) is 0 Å². The number of ether oxygens (including phenoxy) is 1. The maximum absolute atomic E-state index is 13.1.